The van der Waals surface area contributed by atoms with Gasteiger partial charge in [0.05, 0.1) is 0 Å². The average molecular weight is 407 g/mol. The van der Waals surface area contributed by atoms with E-state index in [4.69, 9.17) is 37.4 Å². The fourth-order valence-electron chi connectivity index (χ4n) is 2.49. The fraction of sp³-hybridized carbons (Fsp3) is 0.200. The van der Waals surface area contributed by atoms with E-state index >= 15 is 0 Å². The highest BCUT2D eigenvalue weighted by atomic mass is 35.5. The lowest BCUT2D eigenvalue weighted by Crippen LogP contribution is -2.41. The van der Waals surface area contributed by atoms with E-state index in [9.17, 15) is 9.59 Å². The second-order valence-electron chi connectivity index (χ2n) is 6.26. The first-order valence-corrected chi connectivity index (χ1v) is 8.85. The third kappa shape index (κ3) is 4.43. The highest BCUT2D eigenvalue weighted by Crippen LogP contribution is 2.29. The first kappa shape index (κ1) is 19.3. The molecule has 0 amide bonds. The zero-order chi connectivity index (χ0) is 19.6. The van der Waals surface area contributed by atoms with Gasteiger partial charge in [0.25, 0.3) is 5.79 Å². The van der Waals surface area contributed by atoms with E-state index in [1.165, 1.54) is 19.9 Å². The summed E-state index contributed by atoms with van der Waals surface area (Å²) in [5.74, 6) is -2.34. The molecule has 0 N–H and O–H groups in total. The van der Waals surface area contributed by atoms with Gasteiger partial charge in [0.15, 0.2) is 0 Å². The minimum absolute atomic E-state index is 0.126. The van der Waals surface area contributed by atoms with E-state index in [1.54, 1.807) is 42.5 Å². The lowest BCUT2D eigenvalue weighted by atomic mass is 10.1. The molecule has 3 rings (SSSR count). The number of esters is 2. The summed E-state index contributed by atoms with van der Waals surface area (Å²) in [4.78, 5) is 24.3. The predicted octanol–water partition coefficient (Wildman–Crippen LogP) is 4.79. The molecule has 1 aliphatic rings. The smallest absolute Gasteiger partial charge is 0.348 e. The van der Waals surface area contributed by atoms with Gasteiger partial charge in [-0.25, -0.2) is 9.59 Å². The van der Waals surface area contributed by atoms with Gasteiger partial charge in [0.2, 0.25) is 0 Å². The van der Waals surface area contributed by atoms with E-state index in [2.05, 4.69) is 0 Å². The van der Waals surface area contributed by atoms with Crippen molar-refractivity contribution in [3.63, 3.8) is 0 Å². The van der Waals surface area contributed by atoms with Gasteiger partial charge in [-0.15, -0.1) is 0 Å². The van der Waals surface area contributed by atoms with Crippen LogP contribution in [0.1, 0.15) is 25.0 Å². The Hall–Kier alpha value is -2.50. The van der Waals surface area contributed by atoms with Crippen LogP contribution in [0.4, 0.5) is 0 Å². The summed E-state index contributed by atoms with van der Waals surface area (Å²) in [6.45, 7) is 3.11. The van der Waals surface area contributed by atoms with Crippen molar-refractivity contribution in [3.8, 4) is 5.75 Å². The summed E-state index contributed by atoms with van der Waals surface area (Å²) in [5.41, 5.74) is 0.951. The number of para-hydroxylation sites is 1. The first-order valence-electron chi connectivity index (χ1n) is 8.10. The van der Waals surface area contributed by atoms with Crippen LogP contribution in [0.25, 0.3) is 6.08 Å². The Kier molecular flexibility index (Phi) is 5.44. The number of hydrogen-bond acceptors (Lipinski definition) is 5. The number of hydrogen-bond donors (Lipinski definition) is 0. The molecule has 0 aromatic heterocycles. The van der Waals surface area contributed by atoms with E-state index in [0.717, 1.165) is 0 Å². The Morgan fingerprint density at radius 1 is 0.963 bits per heavy atom. The summed E-state index contributed by atoms with van der Waals surface area (Å²) in [6.07, 6.45) is 1.38. The van der Waals surface area contributed by atoms with Crippen LogP contribution < -0.4 is 4.74 Å². The number of cyclic esters (lactones) is 2. The SMILES string of the molecule is CC1(C)OC(=O)C(=Cc2ccccc2OCc2c(Cl)cccc2Cl)C(=O)O1. The number of benzene rings is 2. The molecule has 27 heavy (non-hydrogen) atoms. The molecule has 0 spiro atoms. The van der Waals surface area contributed by atoms with Gasteiger partial charge in [-0.3, -0.25) is 0 Å². The Morgan fingerprint density at radius 3 is 2.19 bits per heavy atom. The second-order valence-corrected chi connectivity index (χ2v) is 7.08. The molecule has 0 aliphatic carbocycles. The van der Waals surface area contributed by atoms with Crippen LogP contribution in [0.5, 0.6) is 5.75 Å². The Labute approximate surface area is 166 Å². The summed E-state index contributed by atoms with van der Waals surface area (Å²) in [6, 6.07) is 12.1. The minimum atomic E-state index is -1.29. The minimum Gasteiger partial charge on any atom is -0.488 e. The number of carbonyl (C=O) groups excluding carboxylic acids is 2. The number of ether oxygens (including phenoxy) is 3. The molecule has 0 saturated carbocycles. The Bertz CT molecular complexity index is 891. The van der Waals surface area contributed by atoms with Crippen molar-refractivity contribution in [2.75, 3.05) is 0 Å². The molecule has 0 bridgehead atoms. The topological polar surface area (TPSA) is 61.8 Å². The average Bonchev–Trinajstić information content (AvgIpc) is 2.58. The quantitative estimate of drug-likeness (QED) is 0.414. The van der Waals surface area contributed by atoms with Crippen molar-refractivity contribution >= 4 is 41.2 Å². The summed E-state index contributed by atoms with van der Waals surface area (Å²) in [5, 5.41) is 0.972. The van der Waals surface area contributed by atoms with Crippen LogP contribution in [0.2, 0.25) is 10.0 Å². The molecule has 1 fully saturated rings. The Balaban J connectivity index is 1.86. The molecule has 1 aliphatic heterocycles. The van der Waals surface area contributed by atoms with E-state index in [1.807, 2.05) is 0 Å². The van der Waals surface area contributed by atoms with Crippen LogP contribution in [0.15, 0.2) is 48.0 Å². The molecule has 1 heterocycles. The summed E-state index contributed by atoms with van der Waals surface area (Å²) in [7, 11) is 0. The molecule has 5 nitrogen and oxygen atoms in total. The lowest BCUT2D eigenvalue weighted by Gasteiger charge is -2.29. The van der Waals surface area contributed by atoms with Crippen LogP contribution >= 0.6 is 23.2 Å². The molecule has 0 radical (unpaired) electrons. The molecule has 0 unspecified atom stereocenters. The van der Waals surface area contributed by atoms with Gasteiger partial charge < -0.3 is 14.2 Å². The van der Waals surface area contributed by atoms with Crippen LogP contribution in [-0.2, 0) is 25.7 Å². The van der Waals surface area contributed by atoms with Gasteiger partial charge in [0.1, 0.15) is 17.9 Å². The van der Waals surface area contributed by atoms with Gasteiger partial charge in [-0.1, -0.05) is 47.5 Å². The number of halogens is 2. The van der Waals surface area contributed by atoms with Gasteiger partial charge in [-0.05, 0) is 24.3 Å². The van der Waals surface area contributed by atoms with E-state index in [0.29, 0.717) is 26.9 Å². The normalized spacial score (nSPS) is 15.8. The van der Waals surface area contributed by atoms with Crippen LogP contribution in [0.3, 0.4) is 0 Å². The molecule has 7 heteroatoms. The monoisotopic (exact) mass is 406 g/mol. The molecule has 2 aromatic carbocycles. The van der Waals surface area contributed by atoms with Gasteiger partial charge in [0, 0.05) is 35.0 Å². The maximum atomic E-state index is 12.1. The Morgan fingerprint density at radius 2 is 1.56 bits per heavy atom. The van der Waals surface area contributed by atoms with E-state index < -0.39 is 17.7 Å². The summed E-state index contributed by atoms with van der Waals surface area (Å²) >= 11 is 12.3. The molecular weight excluding hydrogens is 391 g/mol. The number of rotatable bonds is 4. The molecule has 1 saturated heterocycles. The highest BCUT2D eigenvalue weighted by Gasteiger charge is 2.38. The standard InChI is InChI=1S/C20H16Cl2O5/c1-20(2)26-18(23)13(19(24)27-20)10-12-6-3-4-9-17(12)25-11-14-15(21)7-5-8-16(14)22/h3-10H,11H2,1-2H3. The van der Waals surface area contributed by atoms with Gasteiger partial charge >= 0.3 is 11.9 Å². The number of carbonyl (C=O) groups is 2. The van der Waals surface area contributed by atoms with Crippen LogP contribution in [0, 0.1) is 0 Å². The lowest BCUT2D eigenvalue weighted by molar-refractivity contribution is -0.222. The molecule has 140 valence electrons. The second kappa shape index (κ2) is 7.62. The van der Waals surface area contributed by atoms with Crippen molar-refractivity contribution in [2.45, 2.75) is 26.2 Å². The largest absolute Gasteiger partial charge is 0.488 e. The zero-order valence-corrected chi connectivity index (χ0v) is 16.1. The highest BCUT2D eigenvalue weighted by molar-refractivity contribution is 6.35. The predicted molar refractivity (Wildman–Crippen MR) is 101 cm³/mol. The third-order valence-electron chi connectivity index (χ3n) is 3.77. The molecule has 0 atom stereocenters. The van der Waals surface area contributed by atoms with Crippen molar-refractivity contribution in [3.05, 3.63) is 69.2 Å². The fourth-order valence-corrected chi connectivity index (χ4v) is 2.99. The van der Waals surface area contributed by atoms with Crippen LogP contribution in [-0.4, -0.2) is 17.7 Å². The van der Waals surface area contributed by atoms with Crippen molar-refractivity contribution in [2.24, 2.45) is 0 Å². The van der Waals surface area contributed by atoms with Gasteiger partial charge in [-0.2, -0.15) is 0 Å². The van der Waals surface area contributed by atoms with Crippen molar-refractivity contribution in [1.82, 2.24) is 0 Å². The summed E-state index contributed by atoms with van der Waals surface area (Å²) < 4.78 is 16.0. The maximum Gasteiger partial charge on any atom is 0.348 e. The van der Waals surface area contributed by atoms with Crippen molar-refractivity contribution in [1.29, 1.82) is 0 Å². The molecule has 2 aromatic rings. The zero-order valence-electron chi connectivity index (χ0n) is 14.6. The van der Waals surface area contributed by atoms with E-state index in [-0.39, 0.29) is 12.2 Å². The van der Waals surface area contributed by atoms with Crippen molar-refractivity contribution < 1.29 is 23.8 Å². The first-order chi connectivity index (χ1) is 12.8. The third-order valence-corrected chi connectivity index (χ3v) is 4.48. The molecular formula is C20H16Cl2O5. The maximum absolute atomic E-state index is 12.1.